The molecule has 0 spiro atoms. The van der Waals surface area contributed by atoms with Gasteiger partial charge in [-0.05, 0) is 24.1 Å². The lowest BCUT2D eigenvalue weighted by molar-refractivity contribution is -0.116. The average molecular weight is 179 g/mol. The Bertz CT molecular complexity index is 297. The van der Waals surface area contributed by atoms with E-state index >= 15 is 0 Å². The van der Waals surface area contributed by atoms with Gasteiger partial charge in [-0.2, -0.15) is 0 Å². The van der Waals surface area contributed by atoms with Crippen molar-refractivity contribution in [2.75, 3.05) is 7.11 Å². The van der Waals surface area contributed by atoms with Crippen LogP contribution in [0.5, 0.6) is 0 Å². The van der Waals surface area contributed by atoms with Crippen LogP contribution in [-0.4, -0.2) is 17.9 Å². The van der Waals surface area contributed by atoms with E-state index in [2.05, 4.69) is 4.98 Å². The molecule has 0 aromatic carbocycles. The molecule has 0 unspecified atom stereocenters. The molecule has 0 N–H and O–H groups in total. The first-order chi connectivity index (χ1) is 6.24. The highest BCUT2D eigenvalue weighted by Gasteiger charge is 2.03. The number of methoxy groups -OCH3 is 1. The summed E-state index contributed by atoms with van der Waals surface area (Å²) in [6, 6.07) is 1.86. The summed E-state index contributed by atoms with van der Waals surface area (Å²) in [5.74, 6) is 0.156. The number of hydrogen-bond donors (Lipinski definition) is 0. The van der Waals surface area contributed by atoms with Gasteiger partial charge in [0.1, 0.15) is 5.78 Å². The fourth-order valence-electron chi connectivity index (χ4n) is 1.18. The van der Waals surface area contributed by atoms with Gasteiger partial charge in [-0.3, -0.25) is 9.78 Å². The molecule has 0 saturated heterocycles. The first-order valence-electron chi connectivity index (χ1n) is 4.14. The molecule has 0 bridgehead atoms. The molecule has 0 aliphatic heterocycles. The Balaban J connectivity index is 2.84. The van der Waals surface area contributed by atoms with E-state index in [0.29, 0.717) is 13.0 Å². The van der Waals surface area contributed by atoms with E-state index in [-0.39, 0.29) is 5.78 Å². The number of hydrogen-bond acceptors (Lipinski definition) is 3. The number of nitrogens with zero attached hydrogens (tertiary/aromatic N) is 1. The number of aromatic nitrogens is 1. The van der Waals surface area contributed by atoms with Gasteiger partial charge >= 0.3 is 0 Å². The van der Waals surface area contributed by atoms with Crippen molar-refractivity contribution in [3.63, 3.8) is 0 Å². The number of ketones is 1. The largest absolute Gasteiger partial charge is 0.380 e. The zero-order chi connectivity index (χ0) is 9.68. The average Bonchev–Trinajstić information content (AvgIpc) is 2.08. The third-order valence-corrected chi connectivity index (χ3v) is 1.74. The lowest BCUT2D eigenvalue weighted by Crippen LogP contribution is -2.02. The zero-order valence-corrected chi connectivity index (χ0v) is 7.91. The highest BCUT2D eigenvalue weighted by atomic mass is 16.5. The van der Waals surface area contributed by atoms with E-state index in [0.717, 1.165) is 11.1 Å². The summed E-state index contributed by atoms with van der Waals surface area (Å²) in [5.41, 5.74) is 1.99. The summed E-state index contributed by atoms with van der Waals surface area (Å²) in [4.78, 5) is 14.9. The van der Waals surface area contributed by atoms with Crippen molar-refractivity contribution < 1.29 is 9.53 Å². The van der Waals surface area contributed by atoms with E-state index in [1.807, 2.05) is 6.07 Å². The number of carbonyl (C=O) groups is 1. The van der Waals surface area contributed by atoms with Crippen LogP contribution < -0.4 is 0 Å². The van der Waals surface area contributed by atoms with Gasteiger partial charge < -0.3 is 4.74 Å². The van der Waals surface area contributed by atoms with Crippen molar-refractivity contribution in [1.29, 1.82) is 0 Å². The second kappa shape index (κ2) is 4.72. The molecular formula is C10H13NO2. The molecule has 0 fully saturated rings. The van der Waals surface area contributed by atoms with Crippen molar-refractivity contribution in [2.24, 2.45) is 0 Å². The van der Waals surface area contributed by atoms with Gasteiger partial charge in [0.05, 0.1) is 6.61 Å². The van der Waals surface area contributed by atoms with Crippen LogP contribution in [0.3, 0.4) is 0 Å². The van der Waals surface area contributed by atoms with E-state index < -0.39 is 0 Å². The summed E-state index contributed by atoms with van der Waals surface area (Å²) in [6.45, 7) is 2.09. The Hall–Kier alpha value is -1.22. The predicted molar refractivity (Wildman–Crippen MR) is 49.3 cm³/mol. The van der Waals surface area contributed by atoms with Crippen LogP contribution in [-0.2, 0) is 22.6 Å². The summed E-state index contributed by atoms with van der Waals surface area (Å²) >= 11 is 0. The fraction of sp³-hybridized carbons (Fsp3) is 0.400. The van der Waals surface area contributed by atoms with Crippen molar-refractivity contribution >= 4 is 5.78 Å². The maximum absolute atomic E-state index is 10.9. The first kappa shape index (κ1) is 9.86. The van der Waals surface area contributed by atoms with Crippen molar-refractivity contribution in [3.05, 3.63) is 29.6 Å². The van der Waals surface area contributed by atoms with E-state index in [1.165, 1.54) is 0 Å². The topological polar surface area (TPSA) is 39.2 Å². The fourth-order valence-corrected chi connectivity index (χ4v) is 1.18. The van der Waals surface area contributed by atoms with Gasteiger partial charge in [0, 0.05) is 25.9 Å². The number of rotatable bonds is 4. The summed E-state index contributed by atoms with van der Waals surface area (Å²) in [7, 11) is 1.63. The molecule has 0 atom stereocenters. The Kier molecular flexibility index (Phi) is 3.58. The second-order valence-corrected chi connectivity index (χ2v) is 2.96. The van der Waals surface area contributed by atoms with Gasteiger partial charge in [0.15, 0.2) is 0 Å². The lowest BCUT2D eigenvalue weighted by Gasteiger charge is -2.05. The van der Waals surface area contributed by atoms with Crippen molar-refractivity contribution in [3.8, 4) is 0 Å². The van der Waals surface area contributed by atoms with Crippen LogP contribution in [0.4, 0.5) is 0 Å². The molecule has 70 valence electrons. The number of carbonyl (C=O) groups excluding carboxylic acids is 1. The summed E-state index contributed by atoms with van der Waals surface area (Å²) < 4.78 is 5.00. The van der Waals surface area contributed by atoms with E-state index in [9.17, 15) is 4.79 Å². The summed E-state index contributed by atoms with van der Waals surface area (Å²) in [6.07, 6.45) is 3.89. The molecular weight excluding hydrogens is 166 g/mol. The minimum atomic E-state index is 0.156. The van der Waals surface area contributed by atoms with Crippen LogP contribution in [0.2, 0.25) is 0 Å². The van der Waals surface area contributed by atoms with Crippen LogP contribution in [0, 0.1) is 0 Å². The third-order valence-electron chi connectivity index (χ3n) is 1.74. The first-order valence-corrected chi connectivity index (χ1v) is 4.14. The molecule has 0 amide bonds. The van der Waals surface area contributed by atoms with Gasteiger partial charge in [-0.25, -0.2) is 0 Å². The zero-order valence-electron chi connectivity index (χ0n) is 7.91. The highest BCUT2D eigenvalue weighted by Crippen LogP contribution is 2.08. The van der Waals surface area contributed by atoms with E-state index in [4.69, 9.17) is 4.74 Å². The lowest BCUT2D eigenvalue weighted by atomic mass is 10.1. The second-order valence-electron chi connectivity index (χ2n) is 2.96. The Morgan fingerprint density at radius 3 is 2.92 bits per heavy atom. The minimum absolute atomic E-state index is 0.156. The number of pyridine rings is 1. The molecule has 1 aromatic rings. The van der Waals surface area contributed by atoms with E-state index in [1.54, 1.807) is 26.4 Å². The third kappa shape index (κ3) is 2.95. The molecule has 13 heavy (non-hydrogen) atoms. The molecule has 3 heteroatoms. The van der Waals surface area contributed by atoms with Crippen LogP contribution in [0.25, 0.3) is 0 Å². The standard InChI is InChI=1S/C10H13NO2/c1-8(12)5-9-3-4-11-6-10(9)7-13-2/h3-4,6H,5,7H2,1-2H3. The van der Waals surface area contributed by atoms with Gasteiger partial charge in [-0.1, -0.05) is 0 Å². The van der Waals surface area contributed by atoms with Crippen molar-refractivity contribution in [1.82, 2.24) is 4.98 Å². The smallest absolute Gasteiger partial charge is 0.134 e. The van der Waals surface area contributed by atoms with Gasteiger partial charge in [0.2, 0.25) is 0 Å². The number of Topliss-reactive ketones (excluding diaryl/α,β-unsaturated/α-hetero) is 1. The number of ether oxygens (including phenoxy) is 1. The Morgan fingerprint density at radius 1 is 1.54 bits per heavy atom. The molecule has 3 nitrogen and oxygen atoms in total. The Labute approximate surface area is 77.8 Å². The quantitative estimate of drug-likeness (QED) is 0.700. The summed E-state index contributed by atoms with van der Waals surface area (Å²) in [5, 5.41) is 0. The molecule has 0 aliphatic rings. The normalized spacial score (nSPS) is 10.0. The molecule has 1 rings (SSSR count). The van der Waals surface area contributed by atoms with Crippen LogP contribution >= 0.6 is 0 Å². The minimum Gasteiger partial charge on any atom is -0.380 e. The highest BCUT2D eigenvalue weighted by molar-refractivity contribution is 5.78. The van der Waals surface area contributed by atoms with Gasteiger partial charge in [-0.15, -0.1) is 0 Å². The maximum Gasteiger partial charge on any atom is 0.134 e. The predicted octanol–water partition coefficient (Wildman–Crippen LogP) is 1.36. The molecule has 0 aliphatic carbocycles. The monoisotopic (exact) mass is 179 g/mol. The maximum atomic E-state index is 10.9. The van der Waals surface area contributed by atoms with Gasteiger partial charge in [0.25, 0.3) is 0 Å². The van der Waals surface area contributed by atoms with Crippen LogP contribution in [0.15, 0.2) is 18.5 Å². The SMILES string of the molecule is COCc1cnccc1CC(C)=O. The Morgan fingerprint density at radius 2 is 2.31 bits per heavy atom. The molecule has 0 saturated carbocycles. The molecule has 1 heterocycles. The van der Waals surface area contributed by atoms with Crippen LogP contribution in [0.1, 0.15) is 18.1 Å². The molecule has 0 radical (unpaired) electrons. The molecule has 1 aromatic heterocycles. The van der Waals surface area contributed by atoms with Crippen molar-refractivity contribution in [2.45, 2.75) is 20.0 Å².